The number of aliphatic hydroxyl groups is 1. The van der Waals surface area contributed by atoms with E-state index in [0.29, 0.717) is 12.1 Å². The SMILES string of the molecule is CC(C)(O)CNc1ccc(SNc2cccc3c(C#N)c[nH]c23)cc1. The molecule has 25 heavy (non-hydrogen) atoms. The van der Waals surface area contributed by atoms with Gasteiger partial charge in [-0.1, -0.05) is 12.1 Å². The van der Waals surface area contributed by atoms with Crippen LogP contribution >= 0.6 is 11.9 Å². The normalized spacial score (nSPS) is 11.3. The molecule has 0 aliphatic rings. The number of rotatable bonds is 6. The Balaban J connectivity index is 1.66. The molecule has 0 aliphatic carbocycles. The van der Waals surface area contributed by atoms with Crippen LogP contribution in [0.2, 0.25) is 0 Å². The fourth-order valence-corrected chi connectivity index (χ4v) is 3.08. The van der Waals surface area contributed by atoms with Gasteiger partial charge in [0.25, 0.3) is 0 Å². The van der Waals surface area contributed by atoms with Gasteiger partial charge in [-0.15, -0.1) is 0 Å². The van der Waals surface area contributed by atoms with Crippen LogP contribution in [-0.4, -0.2) is 22.2 Å². The third kappa shape index (κ3) is 4.27. The zero-order valence-corrected chi connectivity index (χ0v) is 14.9. The number of hydrogen-bond acceptors (Lipinski definition) is 5. The number of nitrogens with one attached hydrogen (secondary N) is 3. The fraction of sp³-hybridized carbons (Fsp3) is 0.211. The van der Waals surface area contributed by atoms with Gasteiger partial charge >= 0.3 is 0 Å². The number of benzene rings is 2. The van der Waals surface area contributed by atoms with Gasteiger partial charge in [0, 0.05) is 28.7 Å². The maximum Gasteiger partial charge on any atom is 0.101 e. The van der Waals surface area contributed by atoms with E-state index in [1.54, 1.807) is 20.0 Å². The standard InChI is InChI=1S/C19H20N4OS/c1-19(2,24)12-22-14-6-8-15(9-7-14)25-23-17-5-3-4-16-13(10-20)11-21-18(16)17/h3-9,11,21-24H,12H2,1-2H3. The molecule has 0 aliphatic heterocycles. The molecule has 0 unspecified atom stereocenters. The van der Waals surface area contributed by atoms with Gasteiger partial charge in [-0.25, -0.2) is 0 Å². The molecule has 0 atom stereocenters. The van der Waals surface area contributed by atoms with Crippen LogP contribution in [0, 0.1) is 11.3 Å². The largest absolute Gasteiger partial charge is 0.389 e. The number of nitrogens with zero attached hydrogens (tertiary/aromatic N) is 1. The number of aromatic nitrogens is 1. The Labute approximate surface area is 151 Å². The summed E-state index contributed by atoms with van der Waals surface area (Å²) in [6.45, 7) is 4.04. The minimum Gasteiger partial charge on any atom is -0.389 e. The molecule has 0 saturated heterocycles. The summed E-state index contributed by atoms with van der Waals surface area (Å²) >= 11 is 1.51. The number of hydrogen-bond donors (Lipinski definition) is 4. The molecule has 3 aromatic rings. The monoisotopic (exact) mass is 352 g/mol. The summed E-state index contributed by atoms with van der Waals surface area (Å²) in [5.41, 5.74) is 2.73. The van der Waals surface area contributed by atoms with Crippen LogP contribution in [0.1, 0.15) is 19.4 Å². The van der Waals surface area contributed by atoms with E-state index in [1.807, 2.05) is 42.5 Å². The third-order valence-corrected chi connectivity index (χ3v) is 4.52. The van der Waals surface area contributed by atoms with Gasteiger partial charge in [0.05, 0.1) is 22.4 Å². The molecule has 0 saturated carbocycles. The van der Waals surface area contributed by atoms with Gasteiger partial charge in [0.2, 0.25) is 0 Å². The van der Waals surface area contributed by atoms with E-state index in [4.69, 9.17) is 5.26 Å². The topological polar surface area (TPSA) is 83.9 Å². The first-order valence-electron chi connectivity index (χ1n) is 7.96. The average molecular weight is 352 g/mol. The number of fused-ring (bicyclic) bond motifs is 1. The fourth-order valence-electron chi connectivity index (χ4n) is 2.41. The van der Waals surface area contributed by atoms with Crippen LogP contribution in [-0.2, 0) is 0 Å². The Morgan fingerprint density at radius 2 is 1.96 bits per heavy atom. The lowest BCUT2D eigenvalue weighted by Crippen LogP contribution is -2.29. The lowest BCUT2D eigenvalue weighted by atomic mass is 10.1. The smallest absolute Gasteiger partial charge is 0.101 e. The van der Waals surface area contributed by atoms with Crippen molar-refractivity contribution in [2.24, 2.45) is 0 Å². The van der Waals surface area contributed by atoms with Crippen molar-refractivity contribution in [3.8, 4) is 6.07 Å². The van der Waals surface area contributed by atoms with Gasteiger partial charge in [-0.05, 0) is 56.1 Å². The van der Waals surface area contributed by atoms with Gasteiger partial charge in [-0.3, -0.25) is 0 Å². The summed E-state index contributed by atoms with van der Waals surface area (Å²) < 4.78 is 3.33. The Morgan fingerprint density at radius 1 is 1.20 bits per heavy atom. The highest BCUT2D eigenvalue weighted by Gasteiger charge is 2.11. The zero-order chi connectivity index (χ0) is 17.9. The maximum atomic E-state index is 9.75. The molecule has 1 heterocycles. The van der Waals surface area contributed by atoms with Crippen molar-refractivity contribution in [3.63, 3.8) is 0 Å². The quantitative estimate of drug-likeness (QED) is 0.496. The molecule has 6 heteroatoms. The molecule has 1 aromatic heterocycles. The Bertz CT molecular complexity index is 904. The van der Waals surface area contributed by atoms with Crippen molar-refractivity contribution in [1.82, 2.24) is 4.98 Å². The molecule has 2 aromatic carbocycles. The van der Waals surface area contributed by atoms with Crippen molar-refractivity contribution in [2.75, 3.05) is 16.6 Å². The summed E-state index contributed by atoms with van der Waals surface area (Å²) in [6, 6.07) is 16.0. The van der Waals surface area contributed by atoms with Crippen molar-refractivity contribution in [3.05, 3.63) is 54.2 Å². The van der Waals surface area contributed by atoms with E-state index in [0.717, 1.165) is 27.2 Å². The molecule has 5 nitrogen and oxygen atoms in total. The van der Waals surface area contributed by atoms with Crippen LogP contribution in [0.3, 0.4) is 0 Å². The minimum absolute atomic E-state index is 0.494. The molecular weight excluding hydrogens is 332 g/mol. The minimum atomic E-state index is -0.744. The van der Waals surface area contributed by atoms with Crippen molar-refractivity contribution < 1.29 is 5.11 Å². The van der Waals surface area contributed by atoms with Gasteiger partial charge in [0.15, 0.2) is 0 Å². The highest BCUT2D eigenvalue weighted by atomic mass is 32.2. The molecule has 0 radical (unpaired) electrons. The summed E-state index contributed by atoms with van der Waals surface area (Å²) in [4.78, 5) is 4.22. The highest BCUT2D eigenvalue weighted by Crippen LogP contribution is 2.29. The second kappa shape index (κ2) is 7.09. The van der Waals surface area contributed by atoms with E-state index in [9.17, 15) is 5.11 Å². The number of nitriles is 1. The van der Waals surface area contributed by atoms with Crippen LogP contribution in [0.4, 0.5) is 11.4 Å². The van der Waals surface area contributed by atoms with Crippen LogP contribution in [0.15, 0.2) is 53.6 Å². The molecule has 0 fully saturated rings. The van der Waals surface area contributed by atoms with E-state index in [-0.39, 0.29) is 0 Å². The van der Waals surface area contributed by atoms with E-state index < -0.39 is 5.60 Å². The first-order valence-corrected chi connectivity index (χ1v) is 8.77. The lowest BCUT2D eigenvalue weighted by molar-refractivity contribution is 0.0945. The number of H-pyrrole nitrogens is 1. The summed E-state index contributed by atoms with van der Waals surface area (Å²) in [5.74, 6) is 0. The predicted molar refractivity (Wildman–Crippen MR) is 104 cm³/mol. The number of anilines is 2. The first-order chi connectivity index (χ1) is 12.0. The zero-order valence-electron chi connectivity index (χ0n) is 14.1. The van der Waals surface area contributed by atoms with Gasteiger partial charge in [0.1, 0.15) is 6.07 Å². The van der Waals surface area contributed by atoms with Crippen LogP contribution in [0.25, 0.3) is 10.9 Å². The highest BCUT2D eigenvalue weighted by molar-refractivity contribution is 8.00. The van der Waals surface area contributed by atoms with Gasteiger partial charge in [-0.2, -0.15) is 5.26 Å². The molecular formula is C19H20N4OS. The Kier molecular flexibility index (Phi) is 4.88. The first kappa shape index (κ1) is 17.2. The second-order valence-corrected chi connectivity index (χ2v) is 7.32. The summed E-state index contributed by atoms with van der Waals surface area (Å²) in [7, 11) is 0. The van der Waals surface area contributed by atoms with Gasteiger partial charge < -0.3 is 20.1 Å². The third-order valence-electron chi connectivity index (χ3n) is 3.69. The molecule has 3 rings (SSSR count). The van der Waals surface area contributed by atoms with Crippen LogP contribution < -0.4 is 10.0 Å². The Hall–Kier alpha value is -2.62. The van der Waals surface area contributed by atoms with E-state index in [2.05, 4.69) is 21.1 Å². The lowest BCUT2D eigenvalue weighted by Gasteiger charge is -2.18. The van der Waals surface area contributed by atoms with Crippen molar-refractivity contribution >= 4 is 34.2 Å². The number of para-hydroxylation sites is 1. The van der Waals surface area contributed by atoms with E-state index >= 15 is 0 Å². The molecule has 0 amide bonds. The van der Waals surface area contributed by atoms with Crippen molar-refractivity contribution in [1.29, 1.82) is 5.26 Å². The van der Waals surface area contributed by atoms with E-state index in [1.165, 1.54) is 11.9 Å². The Morgan fingerprint density at radius 3 is 2.64 bits per heavy atom. The molecule has 4 N–H and O–H groups in total. The van der Waals surface area contributed by atoms with Crippen molar-refractivity contribution in [2.45, 2.75) is 24.3 Å². The summed E-state index contributed by atoms with van der Waals surface area (Å²) in [6.07, 6.45) is 1.73. The molecule has 0 spiro atoms. The average Bonchev–Trinajstić information content (AvgIpc) is 3.02. The number of aromatic amines is 1. The summed E-state index contributed by atoms with van der Waals surface area (Å²) in [5, 5.41) is 23.0. The molecule has 0 bridgehead atoms. The molecule has 128 valence electrons. The van der Waals surface area contributed by atoms with Crippen LogP contribution in [0.5, 0.6) is 0 Å². The predicted octanol–water partition coefficient (Wildman–Crippen LogP) is 4.34. The second-order valence-electron chi connectivity index (χ2n) is 6.44. The maximum absolute atomic E-state index is 9.75.